The van der Waals surface area contributed by atoms with Crippen LogP contribution in [0.3, 0.4) is 0 Å². The summed E-state index contributed by atoms with van der Waals surface area (Å²) in [5, 5.41) is 4.12. The summed E-state index contributed by atoms with van der Waals surface area (Å²) in [6.07, 6.45) is 6.25. The van der Waals surface area contributed by atoms with E-state index in [1.165, 1.54) is 38.6 Å². The van der Waals surface area contributed by atoms with Crippen molar-refractivity contribution in [3.63, 3.8) is 0 Å². The molecule has 0 radical (unpaired) electrons. The zero-order chi connectivity index (χ0) is 11.9. The molecule has 98 valence electrons. The molecule has 1 aromatic heterocycles. The standard InChI is InChI=1S/C13H19N3O2/c1-3-9(4-1)13-14-12(15-18-13)11-7-16-6-2-5-10(16)8-17-11/h9-11H,1-8H2/t10-,11+/m0/s1. The molecule has 0 amide bonds. The Morgan fingerprint density at radius 1 is 1.17 bits per heavy atom. The molecule has 1 aromatic rings. The summed E-state index contributed by atoms with van der Waals surface area (Å²) >= 11 is 0. The first-order valence-corrected chi connectivity index (χ1v) is 7.09. The van der Waals surface area contributed by atoms with Crippen LogP contribution >= 0.6 is 0 Å². The van der Waals surface area contributed by atoms with E-state index in [4.69, 9.17) is 9.26 Å². The number of fused-ring (bicyclic) bond motifs is 1. The lowest BCUT2D eigenvalue weighted by Gasteiger charge is -2.33. The van der Waals surface area contributed by atoms with Crippen LogP contribution in [0.1, 0.15) is 55.8 Å². The Morgan fingerprint density at radius 2 is 2.11 bits per heavy atom. The maximum Gasteiger partial charge on any atom is 0.229 e. The van der Waals surface area contributed by atoms with Gasteiger partial charge in [0.2, 0.25) is 11.7 Å². The van der Waals surface area contributed by atoms with Crippen LogP contribution in [-0.2, 0) is 4.74 Å². The van der Waals surface area contributed by atoms with Crippen molar-refractivity contribution in [2.24, 2.45) is 0 Å². The highest BCUT2D eigenvalue weighted by Crippen LogP contribution is 2.36. The Kier molecular flexibility index (Phi) is 2.62. The second-order valence-electron chi connectivity index (χ2n) is 5.73. The van der Waals surface area contributed by atoms with E-state index in [1.807, 2.05) is 0 Å². The molecule has 3 fully saturated rings. The van der Waals surface area contributed by atoms with Gasteiger partial charge in [-0.1, -0.05) is 11.6 Å². The molecule has 2 saturated heterocycles. The molecule has 0 unspecified atom stereocenters. The minimum atomic E-state index is 0.0110. The van der Waals surface area contributed by atoms with Gasteiger partial charge in [-0.05, 0) is 32.2 Å². The highest BCUT2D eigenvalue weighted by atomic mass is 16.5. The van der Waals surface area contributed by atoms with Crippen molar-refractivity contribution in [3.05, 3.63) is 11.7 Å². The zero-order valence-electron chi connectivity index (χ0n) is 10.5. The molecule has 2 atom stereocenters. The fraction of sp³-hybridized carbons (Fsp3) is 0.846. The van der Waals surface area contributed by atoms with Gasteiger partial charge in [0.25, 0.3) is 0 Å². The summed E-state index contributed by atoms with van der Waals surface area (Å²) in [5.74, 6) is 2.08. The van der Waals surface area contributed by atoms with Gasteiger partial charge in [-0.2, -0.15) is 4.98 Å². The Hall–Kier alpha value is -0.940. The van der Waals surface area contributed by atoms with Crippen molar-refractivity contribution in [2.45, 2.75) is 50.2 Å². The highest BCUT2D eigenvalue weighted by molar-refractivity contribution is 5.02. The van der Waals surface area contributed by atoms with Gasteiger partial charge in [-0.15, -0.1) is 0 Å². The van der Waals surface area contributed by atoms with Gasteiger partial charge in [-0.3, -0.25) is 4.90 Å². The van der Waals surface area contributed by atoms with Crippen LogP contribution in [0, 0.1) is 0 Å². The third kappa shape index (κ3) is 1.77. The van der Waals surface area contributed by atoms with Gasteiger partial charge in [0.1, 0.15) is 6.10 Å². The number of hydrogen-bond acceptors (Lipinski definition) is 5. The summed E-state index contributed by atoms with van der Waals surface area (Å²) < 4.78 is 11.3. The van der Waals surface area contributed by atoms with E-state index >= 15 is 0 Å². The molecule has 4 rings (SSSR count). The van der Waals surface area contributed by atoms with Crippen LogP contribution in [-0.4, -0.2) is 40.8 Å². The maximum absolute atomic E-state index is 5.90. The van der Waals surface area contributed by atoms with E-state index in [9.17, 15) is 0 Å². The maximum atomic E-state index is 5.90. The Bertz CT molecular complexity index is 430. The lowest BCUT2D eigenvalue weighted by atomic mass is 9.85. The van der Waals surface area contributed by atoms with Gasteiger partial charge in [-0.25, -0.2) is 0 Å². The molecule has 5 nitrogen and oxygen atoms in total. The van der Waals surface area contributed by atoms with Crippen molar-refractivity contribution in [1.82, 2.24) is 15.0 Å². The van der Waals surface area contributed by atoms with Crippen molar-refractivity contribution in [1.29, 1.82) is 0 Å². The molecule has 0 bridgehead atoms. The van der Waals surface area contributed by atoms with Crippen molar-refractivity contribution in [3.8, 4) is 0 Å². The summed E-state index contributed by atoms with van der Waals surface area (Å²) in [7, 11) is 0. The first-order chi connectivity index (χ1) is 8.90. The van der Waals surface area contributed by atoms with Crippen molar-refractivity contribution >= 4 is 0 Å². The molecule has 1 saturated carbocycles. The van der Waals surface area contributed by atoms with Crippen molar-refractivity contribution in [2.75, 3.05) is 19.7 Å². The van der Waals surface area contributed by atoms with E-state index in [0.717, 1.165) is 24.9 Å². The first kappa shape index (κ1) is 10.9. The highest BCUT2D eigenvalue weighted by Gasteiger charge is 2.35. The van der Waals surface area contributed by atoms with Crippen LogP contribution in [0.4, 0.5) is 0 Å². The Morgan fingerprint density at radius 3 is 2.94 bits per heavy atom. The second-order valence-corrected chi connectivity index (χ2v) is 5.73. The third-order valence-electron chi connectivity index (χ3n) is 4.59. The number of rotatable bonds is 2. The number of morpholine rings is 1. The molecular formula is C13H19N3O2. The van der Waals surface area contributed by atoms with E-state index in [0.29, 0.717) is 12.0 Å². The fourth-order valence-corrected chi connectivity index (χ4v) is 3.17. The van der Waals surface area contributed by atoms with Crippen LogP contribution in [0.5, 0.6) is 0 Å². The van der Waals surface area contributed by atoms with Crippen molar-refractivity contribution < 1.29 is 9.26 Å². The smallest absolute Gasteiger partial charge is 0.229 e. The molecule has 3 aliphatic rings. The second kappa shape index (κ2) is 4.31. The predicted octanol–water partition coefficient (Wildman–Crippen LogP) is 1.87. The van der Waals surface area contributed by atoms with Crippen LogP contribution in [0.15, 0.2) is 4.52 Å². The monoisotopic (exact) mass is 249 g/mol. The predicted molar refractivity (Wildman–Crippen MR) is 64.2 cm³/mol. The van der Waals surface area contributed by atoms with E-state index in [-0.39, 0.29) is 6.10 Å². The summed E-state index contributed by atoms with van der Waals surface area (Å²) in [5.41, 5.74) is 0. The number of nitrogens with zero attached hydrogens (tertiary/aromatic N) is 3. The normalized spacial score (nSPS) is 33.3. The van der Waals surface area contributed by atoms with Gasteiger partial charge < -0.3 is 9.26 Å². The van der Waals surface area contributed by atoms with E-state index in [2.05, 4.69) is 15.0 Å². The molecular weight excluding hydrogens is 230 g/mol. The zero-order valence-corrected chi connectivity index (χ0v) is 10.5. The molecule has 3 heterocycles. The molecule has 1 aliphatic carbocycles. The lowest BCUT2D eigenvalue weighted by molar-refractivity contribution is -0.0548. The largest absolute Gasteiger partial charge is 0.367 e. The number of ether oxygens (including phenoxy) is 1. The summed E-state index contributed by atoms with van der Waals surface area (Å²) in [6.45, 7) is 2.93. The summed E-state index contributed by atoms with van der Waals surface area (Å²) in [4.78, 5) is 7.05. The van der Waals surface area contributed by atoms with E-state index in [1.54, 1.807) is 0 Å². The molecule has 0 N–H and O–H groups in total. The van der Waals surface area contributed by atoms with Gasteiger partial charge >= 0.3 is 0 Å². The molecule has 18 heavy (non-hydrogen) atoms. The Balaban J connectivity index is 1.47. The fourth-order valence-electron chi connectivity index (χ4n) is 3.17. The average molecular weight is 249 g/mol. The quantitative estimate of drug-likeness (QED) is 0.801. The lowest BCUT2D eigenvalue weighted by Crippen LogP contribution is -2.42. The third-order valence-corrected chi connectivity index (χ3v) is 4.59. The van der Waals surface area contributed by atoms with E-state index < -0.39 is 0 Å². The molecule has 0 aromatic carbocycles. The molecule has 2 aliphatic heterocycles. The van der Waals surface area contributed by atoms with Crippen LogP contribution in [0.2, 0.25) is 0 Å². The number of aromatic nitrogens is 2. The van der Waals surface area contributed by atoms with Gasteiger partial charge in [0, 0.05) is 18.5 Å². The van der Waals surface area contributed by atoms with Crippen LogP contribution in [0.25, 0.3) is 0 Å². The number of hydrogen-bond donors (Lipinski definition) is 0. The molecule has 5 heteroatoms. The topological polar surface area (TPSA) is 51.4 Å². The molecule has 0 spiro atoms. The minimum absolute atomic E-state index is 0.0110. The minimum Gasteiger partial charge on any atom is -0.367 e. The van der Waals surface area contributed by atoms with Gasteiger partial charge in [0.15, 0.2) is 0 Å². The average Bonchev–Trinajstić information content (AvgIpc) is 2.93. The SMILES string of the molecule is C1CC(c2nc([C@H]3CN4CCC[C@H]4CO3)no2)C1. The summed E-state index contributed by atoms with van der Waals surface area (Å²) in [6, 6.07) is 0.624. The Labute approximate surface area is 106 Å². The first-order valence-electron chi connectivity index (χ1n) is 7.09. The van der Waals surface area contributed by atoms with Gasteiger partial charge in [0.05, 0.1) is 6.61 Å². The van der Waals surface area contributed by atoms with Crippen LogP contribution < -0.4 is 0 Å².